The molecule has 0 atom stereocenters. The molecule has 0 spiro atoms. The highest BCUT2D eigenvalue weighted by Crippen LogP contribution is 2.34. The number of anilines is 2. The van der Waals surface area contributed by atoms with E-state index in [1.54, 1.807) is 0 Å². The van der Waals surface area contributed by atoms with Crippen molar-refractivity contribution in [3.63, 3.8) is 0 Å². The summed E-state index contributed by atoms with van der Waals surface area (Å²) in [7, 11) is 0. The third-order valence-corrected chi connectivity index (χ3v) is 3.34. The van der Waals surface area contributed by atoms with Gasteiger partial charge in [-0.15, -0.1) is 0 Å². The normalized spacial score (nSPS) is 11.1. The molecular weight excluding hydrogens is 305 g/mol. The lowest BCUT2D eigenvalue weighted by Gasteiger charge is -2.14. The van der Waals surface area contributed by atoms with Crippen LogP contribution in [0.1, 0.15) is 18.1 Å². The summed E-state index contributed by atoms with van der Waals surface area (Å²) in [6, 6.07) is 12.4. The molecular formula is C17H17F3N2O. The van der Waals surface area contributed by atoms with Gasteiger partial charge in [-0.1, -0.05) is 37.3 Å². The van der Waals surface area contributed by atoms with Gasteiger partial charge in [-0.25, -0.2) is 0 Å². The first-order valence-electron chi connectivity index (χ1n) is 7.19. The van der Waals surface area contributed by atoms with Gasteiger partial charge in [-0.2, -0.15) is 13.2 Å². The lowest BCUT2D eigenvalue weighted by Crippen LogP contribution is -2.23. The smallest absolute Gasteiger partial charge is 0.376 e. The van der Waals surface area contributed by atoms with Gasteiger partial charge < -0.3 is 10.6 Å². The Morgan fingerprint density at radius 1 is 1.00 bits per heavy atom. The molecule has 0 aliphatic rings. The highest BCUT2D eigenvalue weighted by molar-refractivity contribution is 5.94. The van der Waals surface area contributed by atoms with Crippen molar-refractivity contribution in [3.05, 3.63) is 59.7 Å². The molecule has 3 nitrogen and oxygen atoms in total. The maximum Gasteiger partial charge on any atom is 0.418 e. The molecule has 2 aromatic carbocycles. The van der Waals surface area contributed by atoms with Crippen LogP contribution in [0.3, 0.4) is 0 Å². The van der Waals surface area contributed by atoms with Crippen LogP contribution >= 0.6 is 0 Å². The Morgan fingerprint density at radius 2 is 1.61 bits per heavy atom. The lowest BCUT2D eigenvalue weighted by molar-refractivity contribution is -0.137. The Bertz CT molecular complexity index is 684. The molecule has 0 fully saturated rings. The molecule has 122 valence electrons. The largest absolute Gasteiger partial charge is 0.418 e. The maximum atomic E-state index is 12.9. The summed E-state index contributed by atoms with van der Waals surface area (Å²) < 4.78 is 38.6. The zero-order chi connectivity index (χ0) is 16.9. The van der Waals surface area contributed by atoms with Crippen molar-refractivity contribution in [2.24, 2.45) is 0 Å². The fourth-order valence-electron chi connectivity index (χ4n) is 2.21. The van der Waals surface area contributed by atoms with Crippen molar-refractivity contribution >= 4 is 17.3 Å². The van der Waals surface area contributed by atoms with Crippen LogP contribution in [-0.2, 0) is 17.4 Å². The number of hydrogen-bond donors (Lipinski definition) is 2. The second-order valence-electron chi connectivity index (χ2n) is 4.96. The molecule has 2 rings (SSSR count). The molecule has 2 aromatic rings. The minimum atomic E-state index is -4.51. The van der Waals surface area contributed by atoms with E-state index in [2.05, 4.69) is 10.6 Å². The van der Waals surface area contributed by atoms with E-state index in [0.717, 1.165) is 23.7 Å². The fraction of sp³-hybridized carbons (Fsp3) is 0.235. The number of hydrogen-bond acceptors (Lipinski definition) is 2. The first kappa shape index (κ1) is 16.9. The number of nitrogens with one attached hydrogen (secondary N) is 2. The van der Waals surface area contributed by atoms with Gasteiger partial charge in [-0.3, -0.25) is 4.79 Å². The van der Waals surface area contributed by atoms with E-state index < -0.39 is 17.6 Å². The number of benzene rings is 2. The molecule has 0 saturated heterocycles. The van der Waals surface area contributed by atoms with Gasteiger partial charge in [0.05, 0.1) is 17.8 Å². The molecule has 0 radical (unpaired) electrons. The van der Waals surface area contributed by atoms with Gasteiger partial charge in [0.1, 0.15) is 0 Å². The number of carbonyl (C=O) groups excluding carboxylic acids is 1. The SMILES string of the molecule is CCc1ccccc1NCC(=O)Nc1ccccc1C(F)(F)F. The summed E-state index contributed by atoms with van der Waals surface area (Å²) >= 11 is 0. The molecule has 2 N–H and O–H groups in total. The Kier molecular flexibility index (Phi) is 5.26. The molecule has 0 saturated carbocycles. The molecule has 0 aliphatic heterocycles. The molecule has 0 unspecified atom stereocenters. The van der Waals surface area contributed by atoms with Gasteiger partial charge >= 0.3 is 6.18 Å². The first-order chi connectivity index (χ1) is 10.9. The van der Waals surface area contributed by atoms with E-state index in [1.807, 2.05) is 31.2 Å². The average molecular weight is 322 g/mol. The van der Waals surface area contributed by atoms with Gasteiger partial charge in [0, 0.05) is 5.69 Å². The van der Waals surface area contributed by atoms with E-state index in [9.17, 15) is 18.0 Å². The van der Waals surface area contributed by atoms with Crippen LogP contribution in [0.4, 0.5) is 24.5 Å². The number of para-hydroxylation sites is 2. The minimum absolute atomic E-state index is 0.108. The van der Waals surface area contributed by atoms with E-state index in [1.165, 1.54) is 18.2 Å². The predicted molar refractivity (Wildman–Crippen MR) is 84.4 cm³/mol. The van der Waals surface area contributed by atoms with Crippen molar-refractivity contribution < 1.29 is 18.0 Å². The van der Waals surface area contributed by atoms with Crippen LogP contribution in [-0.4, -0.2) is 12.5 Å². The molecule has 0 aromatic heterocycles. The third kappa shape index (κ3) is 4.48. The number of rotatable bonds is 5. The Morgan fingerprint density at radius 3 is 2.26 bits per heavy atom. The number of amides is 1. The van der Waals surface area contributed by atoms with Gasteiger partial charge in [0.15, 0.2) is 0 Å². The summed E-state index contributed by atoms with van der Waals surface area (Å²) in [5.74, 6) is -0.535. The van der Waals surface area contributed by atoms with Crippen LogP contribution < -0.4 is 10.6 Å². The summed E-state index contributed by atoms with van der Waals surface area (Å²) in [6.45, 7) is 1.88. The number of halogens is 3. The van der Waals surface area contributed by atoms with Gasteiger partial charge in [-0.05, 0) is 30.2 Å². The summed E-state index contributed by atoms with van der Waals surface area (Å²) in [6.07, 6.45) is -3.71. The van der Waals surface area contributed by atoms with Crippen LogP contribution in [0.15, 0.2) is 48.5 Å². The number of alkyl halides is 3. The highest BCUT2D eigenvalue weighted by atomic mass is 19.4. The number of carbonyl (C=O) groups is 1. The monoisotopic (exact) mass is 322 g/mol. The summed E-state index contributed by atoms with van der Waals surface area (Å²) in [5, 5.41) is 5.25. The lowest BCUT2D eigenvalue weighted by atomic mass is 10.1. The summed E-state index contributed by atoms with van der Waals surface area (Å²) in [5.41, 5.74) is 0.739. The van der Waals surface area contributed by atoms with Crippen LogP contribution in [0, 0.1) is 0 Å². The standard InChI is InChI=1S/C17H17F3N2O/c1-2-12-7-3-5-9-14(12)21-11-16(23)22-15-10-6-4-8-13(15)17(18,19)20/h3-10,21H,2,11H2,1H3,(H,22,23). The second-order valence-corrected chi connectivity index (χ2v) is 4.96. The van der Waals surface area contributed by atoms with Gasteiger partial charge in [0.25, 0.3) is 0 Å². The quantitative estimate of drug-likeness (QED) is 0.861. The molecule has 23 heavy (non-hydrogen) atoms. The molecule has 6 heteroatoms. The third-order valence-electron chi connectivity index (χ3n) is 3.34. The maximum absolute atomic E-state index is 12.9. The fourth-order valence-corrected chi connectivity index (χ4v) is 2.21. The highest BCUT2D eigenvalue weighted by Gasteiger charge is 2.33. The van der Waals surface area contributed by atoms with Crippen molar-refractivity contribution in [2.45, 2.75) is 19.5 Å². The van der Waals surface area contributed by atoms with Crippen molar-refractivity contribution in [2.75, 3.05) is 17.2 Å². The van der Waals surface area contributed by atoms with Crippen molar-refractivity contribution in [1.29, 1.82) is 0 Å². The van der Waals surface area contributed by atoms with Gasteiger partial charge in [0.2, 0.25) is 5.91 Å². The zero-order valence-corrected chi connectivity index (χ0v) is 12.6. The molecule has 0 aliphatic carbocycles. The van der Waals surface area contributed by atoms with E-state index in [0.29, 0.717) is 0 Å². The Labute approximate surface area is 132 Å². The Balaban J connectivity index is 2.04. The van der Waals surface area contributed by atoms with Crippen LogP contribution in [0.2, 0.25) is 0 Å². The average Bonchev–Trinajstić information content (AvgIpc) is 2.52. The predicted octanol–water partition coefficient (Wildman–Crippen LogP) is 4.32. The topological polar surface area (TPSA) is 41.1 Å². The molecule has 1 amide bonds. The first-order valence-corrected chi connectivity index (χ1v) is 7.19. The zero-order valence-electron chi connectivity index (χ0n) is 12.6. The van der Waals surface area contributed by atoms with E-state index in [4.69, 9.17) is 0 Å². The second kappa shape index (κ2) is 7.17. The van der Waals surface area contributed by atoms with E-state index in [-0.39, 0.29) is 12.2 Å². The minimum Gasteiger partial charge on any atom is -0.376 e. The van der Waals surface area contributed by atoms with Crippen molar-refractivity contribution in [3.8, 4) is 0 Å². The molecule has 0 bridgehead atoms. The summed E-state index contributed by atoms with van der Waals surface area (Å²) in [4.78, 5) is 11.9. The van der Waals surface area contributed by atoms with E-state index >= 15 is 0 Å². The van der Waals surface area contributed by atoms with Crippen LogP contribution in [0.25, 0.3) is 0 Å². The molecule has 0 heterocycles. The number of aryl methyl sites for hydroxylation is 1. The Hall–Kier alpha value is -2.50. The van der Waals surface area contributed by atoms with Crippen molar-refractivity contribution in [1.82, 2.24) is 0 Å². The van der Waals surface area contributed by atoms with Crippen LogP contribution in [0.5, 0.6) is 0 Å².